The number of anilines is 2. The first-order chi connectivity index (χ1) is 6.84. The molecule has 0 spiro atoms. The van der Waals surface area contributed by atoms with Crippen molar-refractivity contribution in [2.24, 2.45) is 0 Å². The molecular weight excluding hydrogens is 182 g/mol. The summed E-state index contributed by atoms with van der Waals surface area (Å²) in [7, 11) is 0. The molecule has 0 saturated carbocycles. The first kappa shape index (κ1) is 9.14. The van der Waals surface area contributed by atoms with Gasteiger partial charge in [-0.2, -0.15) is 4.98 Å². The summed E-state index contributed by atoms with van der Waals surface area (Å²) in [5, 5.41) is 3.20. The Hall–Kier alpha value is -1.43. The van der Waals surface area contributed by atoms with E-state index in [9.17, 15) is 0 Å². The average molecular weight is 195 g/mol. The lowest BCUT2D eigenvalue weighted by Gasteiger charge is -2.22. The topological polar surface area (TPSA) is 86.0 Å². The minimum absolute atomic E-state index is 0.245. The summed E-state index contributed by atoms with van der Waals surface area (Å²) in [5.74, 6) is 0.791. The molecule has 0 aromatic carbocycles. The van der Waals surface area contributed by atoms with Crippen LogP contribution < -0.4 is 11.1 Å². The summed E-state index contributed by atoms with van der Waals surface area (Å²) in [6.07, 6.45) is 3.36. The Labute approximate surface area is 81.9 Å². The molecule has 3 N–H and O–H groups in total. The summed E-state index contributed by atoms with van der Waals surface area (Å²) in [6, 6.07) is 0.380. The van der Waals surface area contributed by atoms with Crippen molar-refractivity contribution in [3.8, 4) is 0 Å². The lowest BCUT2D eigenvalue weighted by atomic mass is 10.1. The normalized spacial score (nSPS) is 18.0. The fourth-order valence-electron chi connectivity index (χ4n) is 1.40. The van der Waals surface area contributed by atoms with Crippen LogP contribution in [0.15, 0.2) is 6.33 Å². The second kappa shape index (κ2) is 4.19. The standard InChI is InChI=1S/C8H13N5O/c9-7-10-5-11-8(13-7)12-6-1-3-14-4-2-6/h5-6H,1-4H2,(H3,9,10,11,12,13). The number of rotatable bonds is 2. The number of hydrogen-bond donors (Lipinski definition) is 2. The lowest BCUT2D eigenvalue weighted by Crippen LogP contribution is -2.28. The van der Waals surface area contributed by atoms with E-state index in [1.807, 2.05) is 0 Å². The minimum atomic E-state index is 0.245. The molecule has 6 nitrogen and oxygen atoms in total. The van der Waals surface area contributed by atoms with Crippen LogP contribution in [0.2, 0.25) is 0 Å². The number of aromatic nitrogens is 3. The highest BCUT2D eigenvalue weighted by molar-refractivity contribution is 5.30. The highest BCUT2D eigenvalue weighted by atomic mass is 16.5. The van der Waals surface area contributed by atoms with Crippen LogP contribution in [0.25, 0.3) is 0 Å². The molecule has 6 heteroatoms. The van der Waals surface area contributed by atoms with Crippen molar-refractivity contribution in [2.45, 2.75) is 18.9 Å². The van der Waals surface area contributed by atoms with E-state index < -0.39 is 0 Å². The molecule has 2 heterocycles. The third-order valence-corrected chi connectivity index (χ3v) is 2.15. The molecule has 0 radical (unpaired) electrons. The van der Waals surface area contributed by atoms with E-state index in [2.05, 4.69) is 20.3 Å². The van der Waals surface area contributed by atoms with Crippen molar-refractivity contribution in [3.05, 3.63) is 6.33 Å². The van der Waals surface area contributed by atoms with E-state index in [4.69, 9.17) is 10.5 Å². The van der Waals surface area contributed by atoms with Gasteiger partial charge in [-0.05, 0) is 12.8 Å². The molecule has 2 rings (SSSR count). The Morgan fingerprint density at radius 2 is 2.14 bits per heavy atom. The molecule has 76 valence electrons. The minimum Gasteiger partial charge on any atom is -0.381 e. The molecule has 0 unspecified atom stereocenters. The zero-order chi connectivity index (χ0) is 9.80. The largest absolute Gasteiger partial charge is 0.381 e. The van der Waals surface area contributed by atoms with E-state index in [1.165, 1.54) is 6.33 Å². The molecule has 1 aromatic heterocycles. The van der Waals surface area contributed by atoms with Crippen LogP contribution in [0.3, 0.4) is 0 Å². The molecule has 0 amide bonds. The monoisotopic (exact) mass is 195 g/mol. The molecule has 0 aliphatic carbocycles. The van der Waals surface area contributed by atoms with Gasteiger partial charge >= 0.3 is 0 Å². The Morgan fingerprint density at radius 3 is 2.86 bits per heavy atom. The summed E-state index contributed by atoms with van der Waals surface area (Å²) in [4.78, 5) is 11.7. The van der Waals surface area contributed by atoms with Crippen LogP contribution in [0.4, 0.5) is 11.9 Å². The third kappa shape index (κ3) is 2.29. The fraction of sp³-hybridized carbons (Fsp3) is 0.625. The molecule has 1 aliphatic rings. The van der Waals surface area contributed by atoms with Crippen LogP contribution in [0.1, 0.15) is 12.8 Å². The van der Waals surface area contributed by atoms with E-state index in [-0.39, 0.29) is 5.95 Å². The first-order valence-corrected chi connectivity index (χ1v) is 4.63. The van der Waals surface area contributed by atoms with Gasteiger partial charge in [0.25, 0.3) is 0 Å². The van der Waals surface area contributed by atoms with Gasteiger partial charge in [0.05, 0.1) is 0 Å². The molecule has 1 fully saturated rings. The smallest absolute Gasteiger partial charge is 0.227 e. The molecule has 1 saturated heterocycles. The van der Waals surface area contributed by atoms with Gasteiger partial charge in [-0.15, -0.1) is 0 Å². The van der Waals surface area contributed by atoms with Crippen LogP contribution in [-0.2, 0) is 4.74 Å². The van der Waals surface area contributed by atoms with Crippen LogP contribution in [0, 0.1) is 0 Å². The van der Waals surface area contributed by atoms with Gasteiger partial charge in [-0.1, -0.05) is 0 Å². The summed E-state index contributed by atoms with van der Waals surface area (Å²) < 4.78 is 5.24. The second-order valence-corrected chi connectivity index (χ2v) is 3.20. The maximum Gasteiger partial charge on any atom is 0.227 e. The predicted octanol–water partition coefficient (Wildman–Crippen LogP) is 0.0447. The number of hydrogen-bond acceptors (Lipinski definition) is 6. The van der Waals surface area contributed by atoms with E-state index in [0.29, 0.717) is 12.0 Å². The van der Waals surface area contributed by atoms with Crippen molar-refractivity contribution in [1.82, 2.24) is 15.0 Å². The number of nitrogens with one attached hydrogen (secondary N) is 1. The Kier molecular flexibility index (Phi) is 2.73. The van der Waals surface area contributed by atoms with Gasteiger partial charge < -0.3 is 15.8 Å². The Balaban J connectivity index is 1.95. The highest BCUT2D eigenvalue weighted by Crippen LogP contribution is 2.11. The van der Waals surface area contributed by atoms with E-state index in [1.54, 1.807) is 0 Å². The molecule has 1 aliphatic heterocycles. The Morgan fingerprint density at radius 1 is 1.36 bits per heavy atom. The molecule has 1 aromatic rings. The maximum absolute atomic E-state index is 5.44. The molecule has 14 heavy (non-hydrogen) atoms. The van der Waals surface area contributed by atoms with Crippen molar-refractivity contribution in [1.29, 1.82) is 0 Å². The summed E-state index contributed by atoms with van der Waals surface area (Å²) in [5.41, 5.74) is 5.44. The Bertz CT molecular complexity index is 300. The van der Waals surface area contributed by atoms with E-state index >= 15 is 0 Å². The van der Waals surface area contributed by atoms with Gasteiger partial charge in [-0.25, -0.2) is 9.97 Å². The van der Waals surface area contributed by atoms with Crippen molar-refractivity contribution < 1.29 is 4.74 Å². The highest BCUT2D eigenvalue weighted by Gasteiger charge is 2.14. The SMILES string of the molecule is Nc1ncnc(NC2CCOCC2)n1. The molecular formula is C8H13N5O. The number of nitrogen functional groups attached to an aromatic ring is 1. The molecule has 0 atom stereocenters. The van der Waals surface area contributed by atoms with Gasteiger partial charge in [-0.3, -0.25) is 0 Å². The number of ether oxygens (including phenoxy) is 1. The quantitative estimate of drug-likeness (QED) is 0.693. The van der Waals surface area contributed by atoms with Gasteiger partial charge in [0.1, 0.15) is 6.33 Å². The lowest BCUT2D eigenvalue weighted by molar-refractivity contribution is 0.0903. The molecule has 0 bridgehead atoms. The van der Waals surface area contributed by atoms with Crippen LogP contribution in [0.5, 0.6) is 0 Å². The fourth-order valence-corrected chi connectivity index (χ4v) is 1.40. The summed E-state index contributed by atoms with van der Waals surface area (Å²) in [6.45, 7) is 1.58. The van der Waals surface area contributed by atoms with Gasteiger partial charge in [0.15, 0.2) is 0 Å². The number of nitrogens with zero attached hydrogens (tertiary/aromatic N) is 3. The average Bonchev–Trinajstić information content (AvgIpc) is 2.19. The van der Waals surface area contributed by atoms with Crippen molar-refractivity contribution >= 4 is 11.9 Å². The van der Waals surface area contributed by atoms with Crippen LogP contribution in [-0.4, -0.2) is 34.2 Å². The zero-order valence-corrected chi connectivity index (χ0v) is 7.81. The van der Waals surface area contributed by atoms with Crippen LogP contribution >= 0.6 is 0 Å². The van der Waals surface area contributed by atoms with E-state index in [0.717, 1.165) is 26.1 Å². The second-order valence-electron chi connectivity index (χ2n) is 3.20. The predicted molar refractivity (Wildman–Crippen MR) is 51.7 cm³/mol. The van der Waals surface area contributed by atoms with Gasteiger partial charge in [0.2, 0.25) is 11.9 Å². The van der Waals surface area contributed by atoms with Crippen molar-refractivity contribution in [2.75, 3.05) is 24.3 Å². The number of nitrogens with two attached hydrogens (primary N) is 1. The third-order valence-electron chi connectivity index (χ3n) is 2.15. The maximum atomic E-state index is 5.44. The van der Waals surface area contributed by atoms with Crippen molar-refractivity contribution in [3.63, 3.8) is 0 Å². The first-order valence-electron chi connectivity index (χ1n) is 4.63. The summed E-state index contributed by atoms with van der Waals surface area (Å²) >= 11 is 0. The zero-order valence-electron chi connectivity index (χ0n) is 7.81. The van der Waals surface area contributed by atoms with Gasteiger partial charge in [0, 0.05) is 19.3 Å².